The Labute approximate surface area is 71.0 Å². The molecule has 0 saturated carbocycles. The molecule has 0 fully saturated rings. The van der Waals surface area contributed by atoms with Crippen molar-refractivity contribution in [3.05, 3.63) is 29.8 Å². The van der Waals surface area contributed by atoms with Gasteiger partial charge in [0.25, 0.3) is 0 Å². The summed E-state index contributed by atoms with van der Waals surface area (Å²) in [6, 6.07) is 7.47. The van der Waals surface area contributed by atoms with Crippen LogP contribution >= 0.6 is 12.6 Å². The van der Waals surface area contributed by atoms with Crippen LogP contribution in [0.1, 0.15) is 5.56 Å². The molecule has 0 aliphatic carbocycles. The number of anilines is 1. The molecule has 1 aromatic rings. The van der Waals surface area contributed by atoms with Crippen molar-refractivity contribution >= 4 is 23.6 Å². The van der Waals surface area contributed by atoms with E-state index in [0.29, 0.717) is 0 Å². The van der Waals surface area contributed by atoms with E-state index in [0.717, 1.165) is 11.3 Å². The Morgan fingerprint density at radius 1 is 1.36 bits per heavy atom. The van der Waals surface area contributed by atoms with Gasteiger partial charge < -0.3 is 5.32 Å². The Kier molecular flexibility index (Phi) is 2.44. The number of carbonyl (C=O) groups excluding carboxylic acids is 1. The van der Waals surface area contributed by atoms with Crippen LogP contribution < -0.4 is 5.32 Å². The SMILES string of the molecule is Cc1ccc(NC(=O)[S])cc1. The normalized spacial score (nSPS) is 9.18. The van der Waals surface area contributed by atoms with E-state index < -0.39 is 5.24 Å². The minimum absolute atomic E-state index is 0.450. The Morgan fingerprint density at radius 3 is 2.36 bits per heavy atom. The molecule has 1 radical (unpaired) electrons. The van der Waals surface area contributed by atoms with E-state index in [4.69, 9.17) is 0 Å². The van der Waals surface area contributed by atoms with Gasteiger partial charge in [-0.1, -0.05) is 17.7 Å². The first-order valence-corrected chi connectivity index (χ1v) is 3.64. The molecule has 0 unspecified atom stereocenters. The van der Waals surface area contributed by atoms with E-state index >= 15 is 0 Å². The van der Waals surface area contributed by atoms with Crippen LogP contribution in [0, 0.1) is 6.92 Å². The van der Waals surface area contributed by atoms with E-state index in [-0.39, 0.29) is 0 Å². The van der Waals surface area contributed by atoms with Gasteiger partial charge in [0.1, 0.15) is 0 Å². The van der Waals surface area contributed by atoms with Gasteiger partial charge in [-0.05, 0) is 31.7 Å². The van der Waals surface area contributed by atoms with Crippen molar-refractivity contribution in [2.24, 2.45) is 0 Å². The van der Waals surface area contributed by atoms with Gasteiger partial charge in [-0.15, -0.1) is 0 Å². The van der Waals surface area contributed by atoms with E-state index in [1.807, 2.05) is 31.2 Å². The summed E-state index contributed by atoms with van der Waals surface area (Å²) in [7, 11) is 0. The van der Waals surface area contributed by atoms with Gasteiger partial charge in [-0.2, -0.15) is 0 Å². The van der Waals surface area contributed by atoms with Crippen LogP contribution in [-0.2, 0) is 0 Å². The van der Waals surface area contributed by atoms with Gasteiger partial charge in [0.05, 0.1) is 0 Å². The molecule has 0 spiro atoms. The summed E-state index contributed by atoms with van der Waals surface area (Å²) in [5.74, 6) is 0. The molecule has 0 aliphatic rings. The van der Waals surface area contributed by atoms with E-state index in [2.05, 4.69) is 17.9 Å². The second-order valence-electron chi connectivity index (χ2n) is 2.28. The van der Waals surface area contributed by atoms with Crippen molar-refractivity contribution in [1.82, 2.24) is 0 Å². The van der Waals surface area contributed by atoms with Crippen LogP contribution in [0.25, 0.3) is 0 Å². The molecule has 0 aliphatic heterocycles. The lowest BCUT2D eigenvalue weighted by Crippen LogP contribution is -2.00. The average Bonchev–Trinajstić information content (AvgIpc) is 1.93. The van der Waals surface area contributed by atoms with Crippen LogP contribution in [-0.4, -0.2) is 5.24 Å². The summed E-state index contributed by atoms with van der Waals surface area (Å²) in [6.07, 6.45) is 0. The lowest BCUT2D eigenvalue weighted by atomic mass is 10.2. The molecule has 11 heavy (non-hydrogen) atoms. The molecular weight excluding hydrogens is 158 g/mol. The maximum Gasteiger partial charge on any atom is 0.314 e. The topological polar surface area (TPSA) is 29.1 Å². The summed E-state index contributed by atoms with van der Waals surface area (Å²) in [5.41, 5.74) is 1.91. The van der Waals surface area contributed by atoms with Crippen molar-refractivity contribution in [3.8, 4) is 0 Å². The maximum atomic E-state index is 10.4. The highest BCUT2D eigenvalue weighted by atomic mass is 32.1. The molecule has 57 valence electrons. The molecule has 0 heterocycles. The summed E-state index contributed by atoms with van der Waals surface area (Å²) in [6.45, 7) is 1.99. The number of benzene rings is 1. The predicted molar refractivity (Wildman–Crippen MR) is 47.8 cm³/mol. The van der Waals surface area contributed by atoms with E-state index in [9.17, 15) is 4.79 Å². The monoisotopic (exact) mass is 166 g/mol. The molecule has 0 aromatic heterocycles. The second-order valence-corrected chi connectivity index (χ2v) is 2.65. The fraction of sp³-hybridized carbons (Fsp3) is 0.125. The van der Waals surface area contributed by atoms with Crippen LogP contribution in [0.3, 0.4) is 0 Å². The number of nitrogens with one attached hydrogen (secondary N) is 1. The lowest BCUT2D eigenvalue weighted by Gasteiger charge is -1.99. The third kappa shape index (κ3) is 2.55. The molecule has 1 N–H and O–H groups in total. The first kappa shape index (κ1) is 8.01. The van der Waals surface area contributed by atoms with Crippen molar-refractivity contribution in [2.45, 2.75) is 6.92 Å². The second kappa shape index (κ2) is 3.34. The summed E-state index contributed by atoms with van der Waals surface area (Å²) in [4.78, 5) is 10.4. The van der Waals surface area contributed by atoms with E-state index in [1.165, 1.54) is 0 Å². The Bertz CT molecular complexity index is 255. The minimum atomic E-state index is -0.450. The zero-order valence-corrected chi connectivity index (χ0v) is 6.94. The molecule has 0 saturated heterocycles. The fourth-order valence-electron chi connectivity index (χ4n) is 0.755. The standard InChI is InChI=1S/C8H8NOS/c1-6-2-4-7(5-3-6)9-8(10)11/h2-5H,1H3,(H,9,10). The van der Waals surface area contributed by atoms with Crippen LogP contribution in [0.5, 0.6) is 0 Å². The van der Waals surface area contributed by atoms with Gasteiger partial charge in [0.2, 0.25) is 0 Å². The number of hydrogen-bond donors (Lipinski definition) is 1. The number of carbonyl (C=O) groups is 1. The van der Waals surface area contributed by atoms with E-state index in [1.54, 1.807) is 0 Å². The number of hydrogen-bond acceptors (Lipinski definition) is 1. The van der Waals surface area contributed by atoms with Crippen molar-refractivity contribution in [3.63, 3.8) is 0 Å². The molecule has 2 nitrogen and oxygen atoms in total. The molecule has 1 amide bonds. The molecule has 0 atom stereocenters. The summed E-state index contributed by atoms with van der Waals surface area (Å²) in [5, 5.41) is 2.06. The highest BCUT2D eigenvalue weighted by Gasteiger charge is 1.94. The Balaban J connectivity index is 2.74. The van der Waals surface area contributed by atoms with Gasteiger partial charge in [-0.3, -0.25) is 4.79 Å². The van der Waals surface area contributed by atoms with Gasteiger partial charge in [-0.25, -0.2) is 0 Å². The largest absolute Gasteiger partial charge is 0.314 e. The maximum absolute atomic E-state index is 10.4. The van der Waals surface area contributed by atoms with Crippen molar-refractivity contribution < 1.29 is 4.79 Å². The zero-order chi connectivity index (χ0) is 8.27. The number of rotatable bonds is 1. The fourth-order valence-corrected chi connectivity index (χ4v) is 0.873. The number of amides is 1. The Morgan fingerprint density at radius 2 is 1.91 bits per heavy atom. The van der Waals surface area contributed by atoms with Gasteiger partial charge in [0, 0.05) is 5.69 Å². The predicted octanol–water partition coefficient (Wildman–Crippen LogP) is 2.72. The van der Waals surface area contributed by atoms with Crippen molar-refractivity contribution in [2.75, 3.05) is 5.32 Å². The summed E-state index contributed by atoms with van der Waals surface area (Å²) >= 11 is 4.34. The quantitative estimate of drug-likeness (QED) is 0.682. The van der Waals surface area contributed by atoms with Crippen molar-refractivity contribution in [1.29, 1.82) is 0 Å². The highest BCUT2D eigenvalue weighted by molar-refractivity contribution is 7.96. The molecule has 1 rings (SSSR count). The molecule has 1 aromatic carbocycles. The van der Waals surface area contributed by atoms with Crippen LogP contribution in [0.15, 0.2) is 24.3 Å². The molecule has 0 bridgehead atoms. The number of aryl methyl sites for hydroxylation is 1. The molecule has 3 heteroatoms. The van der Waals surface area contributed by atoms with Gasteiger partial charge in [0.15, 0.2) is 0 Å². The third-order valence-corrected chi connectivity index (χ3v) is 1.40. The minimum Gasteiger partial charge on any atom is -0.313 e. The zero-order valence-electron chi connectivity index (χ0n) is 6.13. The van der Waals surface area contributed by atoms with Crippen LogP contribution in [0.2, 0.25) is 0 Å². The molecular formula is C8H8NOS. The smallest absolute Gasteiger partial charge is 0.313 e. The third-order valence-electron chi connectivity index (χ3n) is 1.30. The van der Waals surface area contributed by atoms with Crippen LogP contribution in [0.4, 0.5) is 10.5 Å². The average molecular weight is 166 g/mol. The summed E-state index contributed by atoms with van der Waals surface area (Å²) < 4.78 is 0. The van der Waals surface area contributed by atoms with Gasteiger partial charge >= 0.3 is 5.24 Å². The lowest BCUT2D eigenvalue weighted by molar-refractivity contribution is 0.270. The Hall–Kier alpha value is -1.09. The first-order chi connectivity index (χ1) is 5.18. The highest BCUT2D eigenvalue weighted by Crippen LogP contribution is 2.08. The first-order valence-electron chi connectivity index (χ1n) is 3.23.